The summed E-state index contributed by atoms with van der Waals surface area (Å²) in [7, 11) is 1.88. The highest BCUT2D eigenvalue weighted by Gasteiger charge is 2.33. The first-order chi connectivity index (χ1) is 12.1. The van der Waals surface area contributed by atoms with Gasteiger partial charge in [-0.1, -0.05) is 12.1 Å². The molecule has 4 rings (SSSR count). The van der Waals surface area contributed by atoms with Crippen LogP contribution in [0.3, 0.4) is 0 Å². The summed E-state index contributed by atoms with van der Waals surface area (Å²) in [5.74, 6) is -0.162. The fourth-order valence-corrected chi connectivity index (χ4v) is 3.42. The molecule has 1 aromatic carbocycles. The van der Waals surface area contributed by atoms with Crippen LogP contribution >= 0.6 is 0 Å². The lowest BCUT2D eigenvalue weighted by molar-refractivity contribution is -0.123. The van der Waals surface area contributed by atoms with E-state index in [9.17, 15) is 9.59 Å². The molecule has 2 aromatic heterocycles. The van der Waals surface area contributed by atoms with Crippen LogP contribution in [0.15, 0.2) is 43.0 Å². The summed E-state index contributed by atoms with van der Waals surface area (Å²) in [5.41, 5.74) is 2.29. The highest BCUT2D eigenvalue weighted by atomic mass is 16.2. The van der Waals surface area contributed by atoms with E-state index in [2.05, 4.69) is 20.6 Å². The van der Waals surface area contributed by atoms with E-state index >= 15 is 0 Å². The Hall–Kier alpha value is -3.09. The molecule has 1 aliphatic heterocycles. The molecule has 3 aromatic rings. The second-order valence-electron chi connectivity index (χ2n) is 6.34. The SMILES string of the molecule is Cn1cncc1[C@@H]1NC(=O)CC[C@H]1NC(=O)c1cccc2cc[nH]c12. The van der Waals surface area contributed by atoms with Crippen LogP contribution in [0.25, 0.3) is 10.9 Å². The average molecular weight is 337 g/mol. The van der Waals surface area contributed by atoms with Crippen LogP contribution in [0.2, 0.25) is 0 Å². The minimum Gasteiger partial charge on any atom is -0.361 e. The Kier molecular flexibility index (Phi) is 3.76. The van der Waals surface area contributed by atoms with Crippen molar-refractivity contribution in [2.45, 2.75) is 24.9 Å². The quantitative estimate of drug-likeness (QED) is 0.678. The van der Waals surface area contributed by atoms with Gasteiger partial charge < -0.3 is 20.2 Å². The lowest BCUT2D eigenvalue weighted by atomic mass is 9.95. The average Bonchev–Trinajstić information content (AvgIpc) is 3.24. The van der Waals surface area contributed by atoms with E-state index in [0.29, 0.717) is 18.4 Å². The van der Waals surface area contributed by atoms with Crippen molar-refractivity contribution in [2.75, 3.05) is 0 Å². The molecule has 7 nitrogen and oxygen atoms in total. The Balaban J connectivity index is 1.61. The van der Waals surface area contributed by atoms with Crippen LogP contribution in [-0.4, -0.2) is 32.4 Å². The number of hydrogen-bond acceptors (Lipinski definition) is 3. The molecule has 1 aliphatic rings. The summed E-state index contributed by atoms with van der Waals surface area (Å²) in [6.07, 6.45) is 6.22. The maximum atomic E-state index is 12.8. The van der Waals surface area contributed by atoms with Gasteiger partial charge in [0.05, 0.1) is 41.4 Å². The van der Waals surface area contributed by atoms with Crippen molar-refractivity contribution < 1.29 is 9.59 Å². The van der Waals surface area contributed by atoms with Crippen molar-refractivity contribution in [3.05, 3.63) is 54.2 Å². The molecule has 3 heterocycles. The summed E-state index contributed by atoms with van der Waals surface area (Å²) in [6.45, 7) is 0. The summed E-state index contributed by atoms with van der Waals surface area (Å²) in [6, 6.07) is 7.08. The Bertz CT molecular complexity index is 942. The van der Waals surface area contributed by atoms with Gasteiger partial charge in [-0.25, -0.2) is 4.98 Å². The number of nitrogens with one attached hydrogen (secondary N) is 3. The van der Waals surface area contributed by atoms with Gasteiger partial charge >= 0.3 is 0 Å². The molecule has 0 bridgehead atoms. The monoisotopic (exact) mass is 337 g/mol. The summed E-state index contributed by atoms with van der Waals surface area (Å²) < 4.78 is 1.86. The first-order valence-electron chi connectivity index (χ1n) is 8.26. The lowest BCUT2D eigenvalue weighted by Crippen LogP contribution is -2.50. The van der Waals surface area contributed by atoms with Crippen LogP contribution in [-0.2, 0) is 11.8 Å². The number of benzene rings is 1. The van der Waals surface area contributed by atoms with E-state index < -0.39 is 0 Å². The molecular formula is C18H19N5O2. The standard InChI is InChI=1S/C18H19N5O2/c1-23-10-19-9-14(23)17-13(5-6-15(24)22-17)21-18(25)12-4-2-3-11-7-8-20-16(11)12/h2-4,7-10,13,17,20H,5-6H2,1H3,(H,21,25)(H,22,24)/t13-,17-/m1/s1. The fourth-order valence-electron chi connectivity index (χ4n) is 3.42. The van der Waals surface area contributed by atoms with Crippen LogP contribution in [0, 0.1) is 0 Å². The molecule has 0 unspecified atom stereocenters. The Morgan fingerprint density at radius 3 is 3.04 bits per heavy atom. The zero-order chi connectivity index (χ0) is 17.4. The predicted octanol–water partition coefficient (Wildman–Crippen LogP) is 1.65. The topological polar surface area (TPSA) is 91.8 Å². The second-order valence-corrected chi connectivity index (χ2v) is 6.34. The third-order valence-electron chi connectivity index (χ3n) is 4.72. The summed E-state index contributed by atoms with van der Waals surface area (Å²) in [4.78, 5) is 31.9. The number of hydrogen-bond donors (Lipinski definition) is 3. The molecule has 3 N–H and O–H groups in total. The van der Waals surface area contributed by atoms with Crippen molar-refractivity contribution in [1.82, 2.24) is 25.2 Å². The van der Waals surface area contributed by atoms with Crippen molar-refractivity contribution in [3.8, 4) is 0 Å². The van der Waals surface area contributed by atoms with Gasteiger partial charge in [-0.15, -0.1) is 0 Å². The highest BCUT2D eigenvalue weighted by molar-refractivity contribution is 6.05. The maximum Gasteiger partial charge on any atom is 0.253 e. The molecule has 1 fully saturated rings. The first kappa shape index (κ1) is 15.4. The minimum absolute atomic E-state index is 0.0110. The van der Waals surface area contributed by atoms with E-state index in [4.69, 9.17) is 0 Å². The van der Waals surface area contributed by atoms with Crippen molar-refractivity contribution in [2.24, 2.45) is 7.05 Å². The predicted molar refractivity (Wildman–Crippen MR) is 92.9 cm³/mol. The number of amides is 2. The zero-order valence-electron chi connectivity index (χ0n) is 13.8. The number of rotatable bonds is 3. The van der Waals surface area contributed by atoms with Crippen molar-refractivity contribution in [1.29, 1.82) is 0 Å². The van der Waals surface area contributed by atoms with Gasteiger partial charge in [-0.2, -0.15) is 0 Å². The normalized spacial score (nSPS) is 20.4. The minimum atomic E-state index is -0.291. The molecule has 0 spiro atoms. The van der Waals surface area contributed by atoms with E-state index in [0.717, 1.165) is 16.6 Å². The van der Waals surface area contributed by atoms with Crippen LogP contribution in [0.1, 0.15) is 34.9 Å². The van der Waals surface area contributed by atoms with Gasteiger partial charge in [0, 0.05) is 25.1 Å². The third-order valence-corrected chi connectivity index (χ3v) is 4.72. The number of carbonyl (C=O) groups excluding carboxylic acids is 2. The molecule has 2 atom stereocenters. The van der Waals surface area contributed by atoms with E-state index in [1.807, 2.05) is 36.0 Å². The molecule has 7 heteroatoms. The Labute approximate surface area is 144 Å². The first-order valence-corrected chi connectivity index (χ1v) is 8.26. The Morgan fingerprint density at radius 1 is 1.36 bits per heavy atom. The smallest absolute Gasteiger partial charge is 0.253 e. The van der Waals surface area contributed by atoms with Gasteiger partial charge in [0.15, 0.2) is 0 Å². The zero-order valence-corrected chi connectivity index (χ0v) is 13.8. The largest absolute Gasteiger partial charge is 0.361 e. The number of carbonyl (C=O) groups is 2. The van der Waals surface area contributed by atoms with Gasteiger partial charge in [-0.3, -0.25) is 9.59 Å². The van der Waals surface area contributed by atoms with Crippen LogP contribution in [0.5, 0.6) is 0 Å². The van der Waals surface area contributed by atoms with E-state index in [1.54, 1.807) is 18.6 Å². The number of aromatic amines is 1. The summed E-state index contributed by atoms with van der Waals surface area (Å²) in [5, 5.41) is 7.06. The maximum absolute atomic E-state index is 12.8. The number of fused-ring (bicyclic) bond motifs is 1. The van der Waals surface area contributed by atoms with Gasteiger partial charge in [0.2, 0.25) is 5.91 Å². The molecule has 0 aliphatic carbocycles. The number of H-pyrrole nitrogens is 1. The van der Waals surface area contributed by atoms with Crippen molar-refractivity contribution in [3.63, 3.8) is 0 Å². The van der Waals surface area contributed by atoms with Crippen molar-refractivity contribution >= 4 is 22.7 Å². The van der Waals surface area contributed by atoms with Crippen LogP contribution in [0.4, 0.5) is 0 Å². The fraction of sp³-hybridized carbons (Fsp3) is 0.278. The Morgan fingerprint density at radius 2 is 2.24 bits per heavy atom. The molecule has 0 radical (unpaired) electrons. The number of piperidine rings is 1. The molecular weight excluding hydrogens is 318 g/mol. The molecule has 25 heavy (non-hydrogen) atoms. The molecule has 128 valence electrons. The van der Waals surface area contributed by atoms with Gasteiger partial charge in [0.1, 0.15) is 0 Å². The van der Waals surface area contributed by atoms with E-state index in [1.165, 1.54) is 0 Å². The number of nitrogens with zero attached hydrogens (tertiary/aromatic N) is 2. The second kappa shape index (κ2) is 6.08. The van der Waals surface area contributed by atoms with Gasteiger partial charge in [0.25, 0.3) is 5.91 Å². The molecule has 1 saturated heterocycles. The molecule has 0 saturated carbocycles. The summed E-state index contributed by atoms with van der Waals surface area (Å²) >= 11 is 0. The van der Waals surface area contributed by atoms with E-state index in [-0.39, 0.29) is 23.9 Å². The van der Waals surface area contributed by atoms with Crippen LogP contribution < -0.4 is 10.6 Å². The highest BCUT2D eigenvalue weighted by Crippen LogP contribution is 2.25. The molecule has 2 amide bonds. The third kappa shape index (κ3) is 2.77. The lowest BCUT2D eigenvalue weighted by Gasteiger charge is -2.33. The number of imidazole rings is 1. The number of aryl methyl sites for hydroxylation is 1. The number of aromatic nitrogens is 3. The number of para-hydroxylation sites is 1. The van der Waals surface area contributed by atoms with Gasteiger partial charge in [-0.05, 0) is 18.6 Å².